The topological polar surface area (TPSA) is 33.2 Å². The Morgan fingerprint density at radius 2 is 2.21 bits per heavy atom. The number of likely N-dealkylation sites (tertiary alicyclic amines) is 1. The van der Waals surface area contributed by atoms with Gasteiger partial charge in [0.2, 0.25) is 0 Å². The average Bonchev–Trinajstić information content (AvgIpc) is 2.61. The van der Waals surface area contributed by atoms with E-state index in [4.69, 9.17) is 11.6 Å². The highest BCUT2D eigenvalue weighted by Gasteiger charge is 2.23. The van der Waals surface area contributed by atoms with Gasteiger partial charge in [0.15, 0.2) is 0 Å². The fourth-order valence-electron chi connectivity index (χ4n) is 2.60. The summed E-state index contributed by atoms with van der Waals surface area (Å²) in [4.78, 5) is 18.8. The molecule has 1 saturated heterocycles. The number of aryl methyl sites for hydroxylation is 1. The van der Waals surface area contributed by atoms with E-state index in [0.717, 1.165) is 31.5 Å². The van der Waals surface area contributed by atoms with Gasteiger partial charge in [-0.1, -0.05) is 31.4 Å². The summed E-state index contributed by atoms with van der Waals surface area (Å²) in [6, 6.07) is 3.86. The first-order valence-electron chi connectivity index (χ1n) is 7.09. The maximum absolute atomic E-state index is 12.6. The molecule has 0 spiro atoms. The molecular weight excluding hydrogens is 260 g/mol. The van der Waals surface area contributed by atoms with Gasteiger partial charge in [-0.15, -0.1) is 0 Å². The van der Waals surface area contributed by atoms with Crippen molar-refractivity contribution in [1.29, 1.82) is 0 Å². The normalized spacial score (nSPS) is 20.2. The molecular formula is C15H21ClN2O. The zero-order chi connectivity index (χ0) is 13.8. The number of carbonyl (C=O) groups is 1. The van der Waals surface area contributed by atoms with Crippen molar-refractivity contribution in [2.45, 2.75) is 52.0 Å². The molecule has 2 heterocycles. The van der Waals surface area contributed by atoms with E-state index in [9.17, 15) is 4.79 Å². The molecule has 104 valence electrons. The fourth-order valence-corrected chi connectivity index (χ4v) is 2.82. The van der Waals surface area contributed by atoms with Gasteiger partial charge in [-0.05, 0) is 38.3 Å². The maximum atomic E-state index is 12.6. The Morgan fingerprint density at radius 1 is 1.42 bits per heavy atom. The van der Waals surface area contributed by atoms with Crippen LogP contribution in [0.2, 0.25) is 5.15 Å². The number of aromatic nitrogens is 1. The summed E-state index contributed by atoms with van der Waals surface area (Å²) in [7, 11) is 0. The Kier molecular flexibility index (Phi) is 4.81. The van der Waals surface area contributed by atoms with Crippen molar-refractivity contribution in [3.05, 3.63) is 28.5 Å². The first-order chi connectivity index (χ1) is 9.11. The van der Waals surface area contributed by atoms with E-state index in [0.29, 0.717) is 16.8 Å². The van der Waals surface area contributed by atoms with Gasteiger partial charge < -0.3 is 4.90 Å². The van der Waals surface area contributed by atoms with Gasteiger partial charge >= 0.3 is 0 Å². The largest absolute Gasteiger partial charge is 0.336 e. The van der Waals surface area contributed by atoms with Crippen LogP contribution in [0.1, 0.15) is 55.6 Å². The molecule has 1 aromatic heterocycles. The molecule has 1 aliphatic rings. The van der Waals surface area contributed by atoms with Gasteiger partial charge in [0.05, 0.1) is 0 Å². The minimum atomic E-state index is 0.0911. The molecule has 19 heavy (non-hydrogen) atoms. The Balaban J connectivity index is 2.24. The molecule has 0 radical (unpaired) electrons. The molecule has 0 aromatic carbocycles. The zero-order valence-corrected chi connectivity index (χ0v) is 12.4. The number of hydrogen-bond acceptors (Lipinski definition) is 2. The van der Waals surface area contributed by atoms with Crippen LogP contribution in [0.3, 0.4) is 0 Å². The van der Waals surface area contributed by atoms with Crippen LogP contribution < -0.4 is 0 Å². The van der Waals surface area contributed by atoms with E-state index in [1.165, 1.54) is 12.8 Å². The second-order valence-electron chi connectivity index (χ2n) is 5.22. The van der Waals surface area contributed by atoms with Gasteiger partial charge in [0.25, 0.3) is 5.91 Å². The summed E-state index contributed by atoms with van der Waals surface area (Å²) in [6.07, 6.45) is 5.39. The standard InChI is InChI=1S/C15H21ClN2O/c1-3-13-9-12(10-14(16)17-13)15(19)18-8-6-4-5-7-11(18)2/h9-11H,3-8H2,1-2H3. The number of hydrogen-bond donors (Lipinski definition) is 0. The van der Waals surface area contributed by atoms with Crippen molar-refractivity contribution in [3.63, 3.8) is 0 Å². The minimum absolute atomic E-state index is 0.0911. The minimum Gasteiger partial charge on any atom is -0.336 e. The number of rotatable bonds is 2. The summed E-state index contributed by atoms with van der Waals surface area (Å²) >= 11 is 6.00. The van der Waals surface area contributed by atoms with Crippen LogP contribution in [-0.4, -0.2) is 28.4 Å². The van der Waals surface area contributed by atoms with E-state index in [1.807, 2.05) is 17.9 Å². The fraction of sp³-hybridized carbons (Fsp3) is 0.600. The molecule has 1 amide bonds. The van der Waals surface area contributed by atoms with Crippen LogP contribution in [0.5, 0.6) is 0 Å². The van der Waals surface area contributed by atoms with Crippen molar-refractivity contribution in [1.82, 2.24) is 9.88 Å². The van der Waals surface area contributed by atoms with Crippen molar-refractivity contribution < 1.29 is 4.79 Å². The van der Waals surface area contributed by atoms with Crippen molar-refractivity contribution in [2.75, 3.05) is 6.54 Å². The van der Waals surface area contributed by atoms with Crippen molar-refractivity contribution in [3.8, 4) is 0 Å². The summed E-state index contributed by atoms with van der Waals surface area (Å²) in [5.41, 5.74) is 1.55. The second kappa shape index (κ2) is 6.38. The Bertz CT molecular complexity index is 461. The number of pyridine rings is 1. The monoisotopic (exact) mass is 280 g/mol. The zero-order valence-electron chi connectivity index (χ0n) is 11.7. The van der Waals surface area contributed by atoms with Crippen LogP contribution in [0.4, 0.5) is 0 Å². The van der Waals surface area contributed by atoms with Crippen LogP contribution >= 0.6 is 11.6 Å². The van der Waals surface area contributed by atoms with E-state index in [2.05, 4.69) is 11.9 Å². The summed E-state index contributed by atoms with van der Waals surface area (Å²) in [6.45, 7) is 5.00. The first-order valence-corrected chi connectivity index (χ1v) is 7.47. The lowest BCUT2D eigenvalue weighted by atomic mass is 10.1. The quantitative estimate of drug-likeness (QED) is 0.774. The van der Waals surface area contributed by atoms with Gasteiger partial charge in [-0.2, -0.15) is 0 Å². The molecule has 0 N–H and O–H groups in total. The second-order valence-corrected chi connectivity index (χ2v) is 5.61. The maximum Gasteiger partial charge on any atom is 0.254 e. The Hall–Kier alpha value is -1.09. The third kappa shape index (κ3) is 3.47. The van der Waals surface area contributed by atoms with Gasteiger partial charge in [0.1, 0.15) is 5.15 Å². The number of amides is 1. The molecule has 4 heteroatoms. The number of nitrogens with zero attached hydrogens (tertiary/aromatic N) is 2. The van der Waals surface area contributed by atoms with Crippen LogP contribution in [-0.2, 0) is 6.42 Å². The summed E-state index contributed by atoms with van der Waals surface area (Å²) < 4.78 is 0. The molecule has 1 aromatic rings. The van der Waals surface area contributed by atoms with E-state index in [-0.39, 0.29) is 5.91 Å². The predicted molar refractivity (Wildman–Crippen MR) is 77.6 cm³/mol. The molecule has 1 atom stereocenters. The molecule has 3 nitrogen and oxygen atoms in total. The van der Waals surface area contributed by atoms with Gasteiger partial charge in [0, 0.05) is 23.8 Å². The Morgan fingerprint density at radius 3 is 2.95 bits per heavy atom. The predicted octanol–water partition coefficient (Wildman–Crippen LogP) is 3.70. The van der Waals surface area contributed by atoms with Crippen LogP contribution in [0, 0.1) is 0 Å². The molecule has 1 aliphatic heterocycles. The lowest BCUT2D eigenvalue weighted by Crippen LogP contribution is -2.38. The van der Waals surface area contributed by atoms with E-state index in [1.54, 1.807) is 6.07 Å². The summed E-state index contributed by atoms with van der Waals surface area (Å²) in [5.74, 6) is 0.0911. The third-order valence-electron chi connectivity index (χ3n) is 3.77. The third-order valence-corrected chi connectivity index (χ3v) is 3.96. The highest BCUT2D eigenvalue weighted by atomic mass is 35.5. The van der Waals surface area contributed by atoms with Gasteiger partial charge in [-0.3, -0.25) is 4.79 Å². The van der Waals surface area contributed by atoms with E-state index < -0.39 is 0 Å². The molecule has 1 unspecified atom stereocenters. The van der Waals surface area contributed by atoms with Crippen LogP contribution in [0.15, 0.2) is 12.1 Å². The molecule has 2 rings (SSSR count). The SMILES string of the molecule is CCc1cc(C(=O)N2CCCCCC2C)cc(Cl)n1. The summed E-state index contributed by atoms with van der Waals surface area (Å²) in [5, 5.41) is 0.408. The number of halogens is 1. The molecule has 0 aliphatic carbocycles. The molecule has 0 bridgehead atoms. The lowest BCUT2D eigenvalue weighted by molar-refractivity contribution is 0.0697. The van der Waals surface area contributed by atoms with Crippen LogP contribution in [0.25, 0.3) is 0 Å². The van der Waals surface area contributed by atoms with Gasteiger partial charge in [-0.25, -0.2) is 4.98 Å². The molecule has 1 fully saturated rings. The highest BCUT2D eigenvalue weighted by molar-refractivity contribution is 6.29. The van der Waals surface area contributed by atoms with E-state index >= 15 is 0 Å². The first kappa shape index (κ1) is 14.3. The van der Waals surface area contributed by atoms with Crippen molar-refractivity contribution in [2.24, 2.45) is 0 Å². The van der Waals surface area contributed by atoms with Crippen molar-refractivity contribution >= 4 is 17.5 Å². The highest BCUT2D eigenvalue weighted by Crippen LogP contribution is 2.20. The average molecular weight is 281 g/mol. The smallest absolute Gasteiger partial charge is 0.254 e. The Labute approximate surface area is 120 Å². The number of carbonyl (C=O) groups excluding carboxylic acids is 1. The lowest BCUT2D eigenvalue weighted by Gasteiger charge is -2.27. The molecule has 0 saturated carbocycles.